The van der Waals surface area contributed by atoms with Crippen molar-refractivity contribution in [2.75, 3.05) is 30.5 Å². The number of thioether (sulfide) groups is 2. The molecule has 8 heteroatoms. The molecule has 0 aliphatic rings. The summed E-state index contributed by atoms with van der Waals surface area (Å²) in [6, 6.07) is 34.8. The summed E-state index contributed by atoms with van der Waals surface area (Å²) in [5.74, 6) is 15.0. The molecule has 6 nitrogen and oxygen atoms in total. The molecular weight excluding hydrogens is 747 g/mol. The molecule has 0 aromatic heterocycles. The molecule has 57 heavy (non-hydrogen) atoms. The van der Waals surface area contributed by atoms with Crippen molar-refractivity contribution >= 4 is 51.9 Å². The number of carbonyl (C=O) groups excluding carboxylic acids is 2. The molecule has 0 aliphatic heterocycles. The first kappa shape index (κ1) is 42.3. The largest absolute Gasteiger partial charge is 0.487 e. The molecule has 2 N–H and O–H groups in total. The SMILES string of the molecule is C=CC(=O)OCCCCCSc1ccc(C#Cc2ccc(OCc3ccc4cc(C#Cc5ccc(SCCCCCOC(=O)C=C)cc5)ccc4c3)c(N)c2)cc1. The fraction of sp³-hybridized carbons (Fsp3) is 0.224. The van der Waals surface area contributed by atoms with E-state index in [2.05, 4.69) is 104 Å². The number of rotatable bonds is 19. The molecule has 5 aromatic rings. The molecule has 0 fully saturated rings. The number of esters is 2. The van der Waals surface area contributed by atoms with Gasteiger partial charge < -0.3 is 19.9 Å². The minimum absolute atomic E-state index is 0.361. The smallest absolute Gasteiger partial charge is 0.330 e. The van der Waals surface area contributed by atoms with Gasteiger partial charge in [0.05, 0.1) is 18.9 Å². The fourth-order valence-corrected chi connectivity index (χ4v) is 7.37. The van der Waals surface area contributed by atoms with Crippen LogP contribution in [0.15, 0.2) is 138 Å². The van der Waals surface area contributed by atoms with Crippen molar-refractivity contribution in [1.29, 1.82) is 0 Å². The normalized spacial score (nSPS) is 10.4. The van der Waals surface area contributed by atoms with Gasteiger partial charge in [0.2, 0.25) is 0 Å². The second kappa shape index (κ2) is 23.3. The zero-order valence-corrected chi connectivity index (χ0v) is 33.7. The number of nitrogen functional groups attached to an aromatic ring is 1. The fourth-order valence-electron chi connectivity index (χ4n) is 5.54. The lowest BCUT2D eigenvalue weighted by Gasteiger charge is -2.10. The van der Waals surface area contributed by atoms with Crippen molar-refractivity contribution < 1.29 is 23.8 Å². The number of fused-ring (bicyclic) bond motifs is 1. The number of anilines is 1. The van der Waals surface area contributed by atoms with E-state index >= 15 is 0 Å². The quantitative estimate of drug-likeness (QED) is 0.0221. The highest BCUT2D eigenvalue weighted by Crippen LogP contribution is 2.26. The van der Waals surface area contributed by atoms with Gasteiger partial charge in [0, 0.05) is 44.2 Å². The summed E-state index contributed by atoms with van der Waals surface area (Å²) < 4.78 is 16.1. The van der Waals surface area contributed by atoms with Gasteiger partial charge in [0.15, 0.2) is 0 Å². The molecule has 0 heterocycles. The van der Waals surface area contributed by atoms with Crippen LogP contribution in [0.3, 0.4) is 0 Å². The van der Waals surface area contributed by atoms with Crippen LogP contribution in [0.5, 0.6) is 5.75 Å². The molecule has 5 aromatic carbocycles. The lowest BCUT2D eigenvalue weighted by Crippen LogP contribution is -2.01. The van der Waals surface area contributed by atoms with Crippen LogP contribution in [0.1, 0.15) is 66.3 Å². The Balaban J connectivity index is 1.04. The Morgan fingerprint density at radius 2 is 1.04 bits per heavy atom. The summed E-state index contributed by atoms with van der Waals surface area (Å²) >= 11 is 3.63. The summed E-state index contributed by atoms with van der Waals surface area (Å²) in [5, 5.41) is 2.23. The average Bonchev–Trinajstić information content (AvgIpc) is 3.24. The molecular formula is C49H47NO5S2. The van der Waals surface area contributed by atoms with Gasteiger partial charge in [-0.15, -0.1) is 23.5 Å². The van der Waals surface area contributed by atoms with Gasteiger partial charge in [-0.1, -0.05) is 55.0 Å². The maximum atomic E-state index is 11.1. The molecule has 0 atom stereocenters. The summed E-state index contributed by atoms with van der Waals surface area (Å²) in [5.41, 5.74) is 11.6. The predicted molar refractivity (Wildman–Crippen MR) is 235 cm³/mol. The van der Waals surface area contributed by atoms with Gasteiger partial charge in [-0.25, -0.2) is 9.59 Å². The lowest BCUT2D eigenvalue weighted by molar-refractivity contribution is -0.138. The van der Waals surface area contributed by atoms with E-state index in [1.807, 2.05) is 59.9 Å². The number of carbonyl (C=O) groups is 2. The van der Waals surface area contributed by atoms with Gasteiger partial charge in [-0.2, -0.15) is 0 Å². The molecule has 0 aliphatic carbocycles. The highest BCUT2D eigenvalue weighted by molar-refractivity contribution is 7.99. The number of unbranched alkanes of at least 4 members (excludes halogenated alkanes) is 4. The van der Waals surface area contributed by atoms with Gasteiger partial charge in [-0.05, 0) is 151 Å². The topological polar surface area (TPSA) is 87.9 Å². The summed E-state index contributed by atoms with van der Waals surface area (Å²) in [4.78, 5) is 24.6. The van der Waals surface area contributed by atoms with Crippen molar-refractivity contribution in [3.8, 4) is 29.4 Å². The zero-order valence-electron chi connectivity index (χ0n) is 32.1. The van der Waals surface area contributed by atoms with E-state index in [0.29, 0.717) is 31.3 Å². The molecule has 5 rings (SSSR count). The first-order valence-electron chi connectivity index (χ1n) is 19.0. The average molecular weight is 794 g/mol. The summed E-state index contributed by atoms with van der Waals surface area (Å²) in [6.07, 6.45) is 8.26. The Morgan fingerprint density at radius 3 is 1.58 bits per heavy atom. The highest BCUT2D eigenvalue weighted by Gasteiger charge is 2.05. The van der Waals surface area contributed by atoms with Gasteiger partial charge >= 0.3 is 11.9 Å². The van der Waals surface area contributed by atoms with Crippen molar-refractivity contribution in [3.63, 3.8) is 0 Å². The first-order valence-corrected chi connectivity index (χ1v) is 21.0. The van der Waals surface area contributed by atoms with E-state index in [1.165, 1.54) is 21.9 Å². The van der Waals surface area contributed by atoms with Crippen LogP contribution >= 0.6 is 23.5 Å². The van der Waals surface area contributed by atoms with Crippen LogP contribution in [-0.2, 0) is 25.7 Å². The van der Waals surface area contributed by atoms with Crippen molar-refractivity contribution in [2.45, 2.75) is 54.9 Å². The van der Waals surface area contributed by atoms with Crippen LogP contribution in [0.2, 0.25) is 0 Å². The van der Waals surface area contributed by atoms with Crippen LogP contribution in [-0.4, -0.2) is 36.7 Å². The van der Waals surface area contributed by atoms with Crippen molar-refractivity contribution in [1.82, 2.24) is 0 Å². The number of hydrogen-bond donors (Lipinski definition) is 1. The third-order valence-corrected chi connectivity index (χ3v) is 10.9. The number of nitrogens with two attached hydrogens (primary N) is 1. The number of ether oxygens (including phenoxy) is 3. The number of benzene rings is 5. The second-order valence-corrected chi connectivity index (χ2v) is 15.4. The Bertz CT molecular complexity index is 2260. The molecule has 290 valence electrons. The minimum atomic E-state index is -0.365. The van der Waals surface area contributed by atoms with Crippen LogP contribution in [0.25, 0.3) is 10.8 Å². The Hall–Kier alpha value is -5.80. The van der Waals surface area contributed by atoms with Crippen LogP contribution in [0, 0.1) is 23.7 Å². The van der Waals surface area contributed by atoms with E-state index < -0.39 is 0 Å². The van der Waals surface area contributed by atoms with Crippen molar-refractivity contribution in [3.05, 3.63) is 156 Å². The Morgan fingerprint density at radius 1 is 0.561 bits per heavy atom. The van der Waals surface area contributed by atoms with Crippen LogP contribution < -0.4 is 10.5 Å². The molecule has 0 bridgehead atoms. The van der Waals surface area contributed by atoms with E-state index in [9.17, 15) is 9.59 Å². The summed E-state index contributed by atoms with van der Waals surface area (Å²) in [7, 11) is 0. The molecule has 0 saturated heterocycles. The zero-order chi connectivity index (χ0) is 40.1. The Labute approximate surface area is 345 Å². The van der Waals surface area contributed by atoms with Crippen LogP contribution in [0.4, 0.5) is 5.69 Å². The molecule has 0 saturated carbocycles. The minimum Gasteiger partial charge on any atom is -0.487 e. The molecule has 0 spiro atoms. The third-order valence-electron chi connectivity index (χ3n) is 8.66. The number of hydrogen-bond acceptors (Lipinski definition) is 8. The van der Waals surface area contributed by atoms with E-state index in [4.69, 9.17) is 19.9 Å². The first-order chi connectivity index (χ1) is 27.9. The van der Waals surface area contributed by atoms with Crippen molar-refractivity contribution in [2.24, 2.45) is 0 Å². The second-order valence-electron chi connectivity index (χ2n) is 13.0. The monoisotopic (exact) mass is 793 g/mol. The molecule has 0 unspecified atom stereocenters. The maximum Gasteiger partial charge on any atom is 0.330 e. The van der Waals surface area contributed by atoms with Gasteiger partial charge in [0.25, 0.3) is 0 Å². The highest BCUT2D eigenvalue weighted by atomic mass is 32.2. The predicted octanol–water partition coefficient (Wildman–Crippen LogP) is 10.8. The standard InChI is InChI=1S/C49H47NO5S2/c1-3-48(51)53-29-7-5-9-31-56-44-24-17-37(18-25-44)11-13-39-15-22-43-34-41(16-23-42(43)33-39)36-55-47-28-21-40(35-46(47)50)14-12-38-19-26-45(27-20-38)57-32-10-6-8-30-54-49(52)4-2/h3-4,15-28,33-35H,1-2,5-10,29-32,36,50H2. The van der Waals surface area contributed by atoms with Gasteiger partial charge in [-0.3, -0.25) is 0 Å². The molecule has 0 radical (unpaired) electrons. The van der Waals surface area contributed by atoms with Gasteiger partial charge in [0.1, 0.15) is 12.4 Å². The Kier molecular flexibility index (Phi) is 17.3. The third kappa shape index (κ3) is 15.0. The maximum absolute atomic E-state index is 11.1. The lowest BCUT2D eigenvalue weighted by atomic mass is 10.0. The van der Waals surface area contributed by atoms with E-state index in [-0.39, 0.29) is 11.9 Å². The van der Waals surface area contributed by atoms with E-state index in [1.54, 1.807) is 0 Å². The molecule has 0 amide bonds. The summed E-state index contributed by atoms with van der Waals surface area (Å²) in [6.45, 7) is 8.09. The van der Waals surface area contributed by atoms with E-state index in [0.717, 1.165) is 88.6 Å².